The number of fused-ring (bicyclic) bond motifs is 3. The molecule has 34 heavy (non-hydrogen) atoms. The largest absolute Gasteiger partial charge is 0.368 e. The molecule has 1 fully saturated rings. The van der Waals surface area contributed by atoms with Crippen LogP contribution in [0.15, 0.2) is 79.0 Å². The van der Waals surface area contributed by atoms with Gasteiger partial charge >= 0.3 is 0 Å². The highest BCUT2D eigenvalue weighted by Gasteiger charge is 2.23. The molecule has 0 N–H and O–H groups in total. The van der Waals surface area contributed by atoms with E-state index in [4.69, 9.17) is 4.98 Å². The van der Waals surface area contributed by atoms with E-state index in [-0.39, 0.29) is 5.91 Å². The number of imidazole rings is 1. The molecule has 3 aromatic carbocycles. The van der Waals surface area contributed by atoms with Gasteiger partial charge in [-0.25, -0.2) is 4.98 Å². The van der Waals surface area contributed by atoms with E-state index >= 15 is 0 Å². The minimum Gasteiger partial charge on any atom is -0.368 e. The Kier molecular flexibility index (Phi) is 5.30. The summed E-state index contributed by atoms with van der Waals surface area (Å²) in [6.07, 6.45) is 3.13. The van der Waals surface area contributed by atoms with E-state index < -0.39 is 0 Å². The van der Waals surface area contributed by atoms with E-state index in [2.05, 4.69) is 77.0 Å². The van der Waals surface area contributed by atoms with Crippen LogP contribution >= 0.6 is 11.3 Å². The van der Waals surface area contributed by atoms with Crippen molar-refractivity contribution in [2.45, 2.75) is 13.3 Å². The number of carbonyl (C=O) groups is 1. The van der Waals surface area contributed by atoms with Crippen LogP contribution < -0.4 is 4.90 Å². The molecule has 2 aromatic heterocycles. The Morgan fingerprint density at radius 1 is 0.941 bits per heavy atom. The summed E-state index contributed by atoms with van der Waals surface area (Å²) in [6.45, 7) is 5.34. The summed E-state index contributed by atoms with van der Waals surface area (Å²) in [4.78, 5) is 23.3. The average molecular weight is 467 g/mol. The number of nitrogens with zero attached hydrogens (tertiary/aromatic N) is 4. The van der Waals surface area contributed by atoms with Gasteiger partial charge in [-0.2, -0.15) is 0 Å². The Morgan fingerprint density at radius 2 is 1.71 bits per heavy atom. The molecule has 170 valence electrons. The van der Waals surface area contributed by atoms with Crippen LogP contribution in [-0.4, -0.2) is 46.4 Å². The van der Waals surface area contributed by atoms with Crippen molar-refractivity contribution >= 4 is 38.1 Å². The third-order valence-corrected chi connectivity index (χ3v) is 7.70. The Morgan fingerprint density at radius 3 is 2.44 bits per heavy atom. The molecule has 5 aromatic rings. The summed E-state index contributed by atoms with van der Waals surface area (Å²) >= 11 is 1.63. The molecule has 6 heteroatoms. The van der Waals surface area contributed by atoms with Crippen molar-refractivity contribution in [2.24, 2.45) is 0 Å². The van der Waals surface area contributed by atoms with Crippen LogP contribution in [0.2, 0.25) is 0 Å². The van der Waals surface area contributed by atoms with Gasteiger partial charge in [0.2, 0.25) is 0 Å². The van der Waals surface area contributed by atoms with E-state index in [1.54, 1.807) is 11.3 Å². The Labute approximate surface area is 202 Å². The van der Waals surface area contributed by atoms with Crippen molar-refractivity contribution in [1.82, 2.24) is 14.3 Å². The van der Waals surface area contributed by atoms with Gasteiger partial charge in [-0.1, -0.05) is 60.7 Å². The smallest absolute Gasteiger partial charge is 0.254 e. The minimum absolute atomic E-state index is 0.109. The fourth-order valence-electron chi connectivity index (χ4n) is 4.67. The predicted molar refractivity (Wildman–Crippen MR) is 140 cm³/mol. The number of amides is 1. The first-order valence-corrected chi connectivity index (χ1v) is 12.6. The lowest BCUT2D eigenvalue weighted by Crippen LogP contribution is -2.48. The summed E-state index contributed by atoms with van der Waals surface area (Å²) < 4.78 is 3.22. The van der Waals surface area contributed by atoms with Gasteiger partial charge in [0.25, 0.3) is 5.91 Å². The van der Waals surface area contributed by atoms with Crippen molar-refractivity contribution in [3.8, 4) is 11.3 Å². The maximum absolute atomic E-state index is 13.2. The lowest BCUT2D eigenvalue weighted by Gasteiger charge is -2.36. The van der Waals surface area contributed by atoms with Crippen LogP contribution in [0.3, 0.4) is 0 Å². The standard InChI is InChI=1S/C28H26N4OS/c1-2-20-8-10-21(11-9-20)24-19-32-25-13-12-22(18-26(25)34-28(32)29-24)27(33)31-16-14-30(15-17-31)23-6-4-3-5-7-23/h3-13,18-19H,2,14-17H2,1H3. The molecule has 0 spiro atoms. The van der Waals surface area contributed by atoms with Crippen LogP contribution in [0, 0.1) is 0 Å². The number of aryl methyl sites for hydroxylation is 1. The second-order valence-electron chi connectivity index (χ2n) is 8.73. The molecule has 1 saturated heterocycles. The molecule has 0 radical (unpaired) electrons. The van der Waals surface area contributed by atoms with Crippen molar-refractivity contribution < 1.29 is 4.79 Å². The molecule has 1 aliphatic heterocycles. The van der Waals surface area contributed by atoms with Gasteiger partial charge in [0.05, 0.1) is 15.9 Å². The van der Waals surface area contributed by atoms with Gasteiger partial charge in [-0.05, 0) is 42.3 Å². The topological polar surface area (TPSA) is 40.9 Å². The molecule has 1 amide bonds. The van der Waals surface area contributed by atoms with E-state index in [1.807, 2.05) is 23.1 Å². The zero-order chi connectivity index (χ0) is 23.1. The Hall–Kier alpha value is -3.64. The minimum atomic E-state index is 0.109. The summed E-state index contributed by atoms with van der Waals surface area (Å²) in [6, 6.07) is 25.1. The second-order valence-corrected chi connectivity index (χ2v) is 9.74. The fraction of sp³-hybridized carbons (Fsp3) is 0.214. The number of rotatable bonds is 4. The first kappa shape index (κ1) is 20.9. The van der Waals surface area contributed by atoms with Crippen LogP contribution in [0.4, 0.5) is 5.69 Å². The monoisotopic (exact) mass is 466 g/mol. The number of hydrogen-bond acceptors (Lipinski definition) is 4. The predicted octanol–water partition coefficient (Wildman–Crippen LogP) is 5.74. The summed E-state index contributed by atoms with van der Waals surface area (Å²) in [5, 5.41) is 0. The van der Waals surface area contributed by atoms with Gasteiger partial charge in [-0.15, -0.1) is 0 Å². The number of piperazine rings is 1. The zero-order valence-electron chi connectivity index (χ0n) is 19.1. The highest BCUT2D eigenvalue weighted by molar-refractivity contribution is 7.23. The maximum atomic E-state index is 13.2. The van der Waals surface area contributed by atoms with E-state index in [0.29, 0.717) is 0 Å². The number of thiazole rings is 1. The first-order chi connectivity index (χ1) is 16.7. The third-order valence-electron chi connectivity index (χ3n) is 6.69. The first-order valence-electron chi connectivity index (χ1n) is 11.8. The number of benzene rings is 3. The normalized spacial score (nSPS) is 14.3. The number of aromatic nitrogens is 2. The van der Waals surface area contributed by atoms with E-state index in [0.717, 1.165) is 64.6 Å². The lowest BCUT2D eigenvalue weighted by molar-refractivity contribution is 0.0747. The number of anilines is 1. The molecule has 0 aliphatic carbocycles. The fourth-order valence-corrected chi connectivity index (χ4v) is 5.72. The molecule has 6 rings (SSSR count). The molecule has 0 unspecified atom stereocenters. The summed E-state index contributed by atoms with van der Waals surface area (Å²) in [5.41, 5.74) is 6.50. The van der Waals surface area contributed by atoms with E-state index in [9.17, 15) is 4.79 Å². The third kappa shape index (κ3) is 3.74. The highest BCUT2D eigenvalue weighted by atomic mass is 32.1. The summed E-state index contributed by atoms with van der Waals surface area (Å²) in [5.74, 6) is 0.109. The van der Waals surface area contributed by atoms with Gasteiger partial charge in [0.15, 0.2) is 4.96 Å². The second kappa shape index (κ2) is 8.61. The highest BCUT2D eigenvalue weighted by Crippen LogP contribution is 2.31. The SMILES string of the molecule is CCc1ccc(-c2cn3c(n2)sc2cc(C(=O)N4CCN(c5ccccc5)CC4)ccc23)cc1. The van der Waals surface area contributed by atoms with Gasteiger partial charge in [0.1, 0.15) is 0 Å². The number of carbonyl (C=O) groups excluding carboxylic acids is 1. The molecular formula is C28H26N4OS. The molecule has 1 aliphatic rings. The molecule has 0 atom stereocenters. The van der Waals surface area contributed by atoms with Crippen LogP contribution in [-0.2, 0) is 6.42 Å². The zero-order valence-corrected chi connectivity index (χ0v) is 20.0. The van der Waals surface area contributed by atoms with Gasteiger partial charge in [0, 0.05) is 49.2 Å². The van der Waals surface area contributed by atoms with Crippen molar-refractivity contribution in [2.75, 3.05) is 31.1 Å². The maximum Gasteiger partial charge on any atom is 0.254 e. The number of hydrogen-bond donors (Lipinski definition) is 0. The van der Waals surface area contributed by atoms with Crippen LogP contribution in [0.25, 0.3) is 26.4 Å². The molecule has 0 bridgehead atoms. The Balaban J connectivity index is 1.21. The van der Waals surface area contributed by atoms with Crippen molar-refractivity contribution in [1.29, 1.82) is 0 Å². The molecular weight excluding hydrogens is 440 g/mol. The van der Waals surface area contributed by atoms with Crippen molar-refractivity contribution in [3.05, 3.63) is 90.1 Å². The molecule has 5 nitrogen and oxygen atoms in total. The van der Waals surface area contributed by atoms with Gasteiger partial charge in [-0.3, -0.25) is 9.20 Å². The van der Waals surface area contributed by atoms with Crippen molar-refractivity contribution in [3.63, 3.8) is 0 Å². The summed E-state index contributed by atoms with van der Waals surface area (Å²) in [7, 11) is 0. The molecule has 0 saturated carbocycles. The van der Waals surface area contributed by atoms with Crippen LogP contribution in [0.1, 0.15) is 22.8 Å². The van der Waals surface area contributed by atoms with E-state index in [1.165, 1.54) is 11.3 Å². The molecule has 3 heterocycles. The quantitative estimate of drug-likeness (QED) is 0.339. The average Bonchev–Trinajstić information content (AvgIpc) is 3.47. The van der Waals surface area contributed by atoms with Gasteiger partial charge < -0.3 is 9.80 Å². The Bertz CT molecular complexity index is 1460. The van der Waals surface area contributed by atoms with Crippen LogP contribution in [0.5, 0.6) is 0 Å². The lowest BCUT2D eigenvalue weighted by atomic mass is 10.1. The number of para-hydroxylation sites is 1.